The molecule has 5 heteroatoms. The Morgan fingerprint density at radius 1 is 1.42 bits per heavy atom. The zero-order valence-electron chi connectivity index (χ0n) is 11.6. The van der Waals surface area contributed by atoms with Crippen LogP contribution in [0.4, 0.5) is 0 Å². The fraction of sp³-hybridized carbons (Fsp3) is 0.500. The van der Waals surface area contributed by atoms with Gasteiger partial charge in [0.1, 0.15) is 0 Å². The van der Waals surface area contributed by atoms with Gasteiger partial charge in [-0.25, -0.2) is 4.79 Å². The molecule has 4 nitrogen and oxygen atoms in total. The van der Waals surface area contributed by atoms with Crippen LogP contribution in [0.25, 0.3) is 0 Å². The van der Waals surface area contributed by atoms with E-state index in [2.05, 4.69) is 6.92 Å². The highest BCUT2D eigenvalue weighted by atomic mass is 32.3. The van der Waals surface area contributed by atoms with Crippen LogP contribution in [-0.2, 0) is 32.0 Å². The molecular weight excluding hydrogens is 262 g/mol. The standard InChI is InChI=1S/C14H20NO3S/c1-9-4-5-11-7-13(18-3)14(8-12(11)6-9)19(15,17)10(2)16/h7-9H,4-6H2,1-3H3,(H2,15,17)/q+1. The average molecular weight is 282 g/mol. The Balaban J connectivity index is 2.58. The number of methoxy groups -OCH3 is 1. The van der Waals surface area contributed by atoms with E-state index in [0.29, 0.717) is 16.6 Å². The van der Waals surface area contributed by atoms with Crippen LogP contribution in [0, 0.1) is 5.92 Å². The van der Waals surface area contributed by atoms with Crippen molar-refractivity contribution in [2.75, 3.05) is 7.11 Å². The van der Waals surface area contributed by atoms with Gasteiger partial charge < -0.3 is 4.74 Å². The minimum absolute atomic E-state index is 0.329. The van der Waals surface area contributed by atoms with Crippen LogP contribution >= 0.6 is 0 Å². The Kier molecular flexibility index (Phi) is 3.78. The molecule has 1 aliphatic rings. The van der Waals surface area contributed by atoms with Crippen molar-refractivity contribution >= 4 is 15.2 Å². The predicted octanol–water partition coefficient (Wildman–Crippen LogP) is 2.10. The Hall–Kier alpha value is -1.20. The maximum atomic E-state index is 12.4. The number of aryl methyl sites for hydroxylation is 1. The smallest absolute Gasteiger partial charge is 0.354 e. The Bertz CT molecular complexity index is 568. The van der Waals surface area contributed by atoms with Crippen molar-refractivity contribution in [2.24, 2.45) is 11.1 Å². The molecule has 1 aromatic carbocycles. The van der Waals surface area contributed by atoms with Gasteiger partial charge in [-0.3, -0.25) is 0 Å². The third-order valence-electron chi connectivity index (χ3n) is 3.71. The van der Waals surface area contributed by atoms with Crippen molar-refractivity contribution in [1.29, 1.82) is 0 Å². The molecule has 1 aliphatic carbocycles. The monoisotopic (exact) mass is 282 g/mol. The number of hydrogen-bond acceptors (Lipinski definition) is 3. The summed E-state index contributed by atoms with van der Waals surface area (Å²) in [4.78, 5) is 11.8. The lowest BCUT2D eigenvalue weighted by atomic mass is 9.85. The van der Waals surface area contributed by atoms with Crippen molar-refractivity contribution in [3.05, 3.63) is 23.3 Å². The van der Waals surface area contributed by atoms with E-state index in [1.54, 1.807) is 6.07 Å². The van der Waals surface area contributed by atoms with Gasteiger partial charge in [-0.1, -0.05) is 11.1 Å². The molecule has 19 heavy (non-hydrogen) atoms. The van der Waals surface area contributed by atoms with Crippen LogP contribution in [0.1, 0.15) is 31.4 Å². The lowest BCUT2D eigenvalue weighted by Crippen LogP contribution is -2.30. The van der Waals surface area contributed by atoms with Crippen LogP contribution in [0.3, 0.4) is 0 Å². The third-order valence-corrected chi connectivity index (χ3v) is 5.54. The summed E-state index contributed by atoms with van der Waals surface area (Å²) in [5.41, 5.74) is 2.34. The fourth-order valence-electron chi connectivity index (χ4n) is 2.50. The normalized spacial score (nSPS) is 21.4. The van der Waals surface area contributed by atoms with E-state index in [4.69, 9.17) is 9.88 Å². The molecule has 0 bridgehead atoms. The van der Waals surface area contributed by atoms with E-state index in [1.165, 1.54) is 19.6 Å². The topological polar surface area (TPSA) is 69.4 Å². The second-order valence-electron chi connectivity index (χ2n) is 5.21. The highest BCUT2D eigenvalue weighted by Gasteiger charge is 2.38. The second kappa shape index (κ2) is 5.06. The zero-order valence-corrected chi connectivity index (χ0v) is 12.4. The number of carbonyl (C=O) groups is 1. The quantitative estimate of drug-likeness (QED) is 0.844. The summed E-state index contributed by atoms with van der Waals surface area (Å²) < 4.78 is 17.6. The van der Waals surface area contributed by atoms with Gasteiger partial charge in [-0.15, -0.1) is 5.14 Å². The maximum Gasteiger partial charge on any atom is 0.354 e. The zero-order chi connectivity index (χ0) is 14.2. The molecule has 0 aliphatic heterocycles. The van der Waals surface area contributed by atoms with Gasteiger partial charge >= 0.3 is 5.12 Å². The molecular formula is C14H20NO3S+. The second-order valence-corrected chi connectivity index (χ2v) is 7.43. The first-order chi connectivity index (χ1) is 8.86. The lowest BCUT2D eigenvalue weighted by molar-refractivity contribution is -0.109. The van der Waals surface area contributed by atoms with Gasteiger partial charge in [0.2, 0.25) is 4.90 Å². The van der Waals surface area contributed by atoms with Crippen LogP contribution in [0.15, 0.2) is 17.0 Å². The molecule has 0 heterocycles. The van der Waals surface area contributed by atoms with Gasteiger partial charge in [-0.2, -0.15) is 0 Å². The van der Waals surface area contributed by atoms with Gasteiger partial charge in [0.15, 0.2) is 5.75 Å². The molecule has 2 unspecified atom stereocenters. The molecule has 0 saturated carbocycles. The van der Waals surface area contributed by atoms with E-state index in [-0.39, 0.29) is 0 Å². The molecule has 1 aromatic rings. The number of rotatable bonds is 2. The summed E-state index contributed by atoms with van der Waals surface area (Å²) in [6.07, 6.45) is 3.05. The highest BCUT2D eigenvalue weighted by Crippen LogP contribution is 2.35. The van der Waals surface area contributed by atoms with Crippen molar-refractivity contribution in [1.82, 2.24) is 0 Å². The summed E-state index contributed by atoms with van der Waals surface area (Å²) >= 11 is 0. The van der Waals surface area contributed by atoms with Crippen molar-refractivity contribution in [2.45, 2.75) is 38.0 Å². The van der Waals surface area contributed by atoms with E-state index >= 15 is 0 Å². The SMILES string of the molecule is COc1cc2c(cc1[S+](N)(=O)C(C)=O)CC(C)CC2. The summed E-state index contributed by atoms with van der Waals surface area (Å²) in [6.45, 7) is 3.45. The maximum absolute atomic E-state index is 12.4. The third kappa shape index (κ3) is 2.58. The Morgan fingerprint density at radius 2 is 2.11 bits per heavy atom. The molecule has 2 N–H and O–H groups in total. The Labute approximate surface area is 114 Å². The van der Waals surface area contributed by atoms with Gasteiger partial charge in [0.05, 0.1) is 7.11 Å². The molecule has 0 amide bonds. The molecule has 2 atom stereocenters. The number of ether oxygens (including phenoxy) is 1. The fourth-order valence-corrected chi connectivity index (χ4v) is 3.57. The summed E-state index contributed by atoms with van der Waals surface area (Å²) in [7, 11) is -1.68. The van der Waals surface area contributed by atoms with Crippen LogP contribution in [-0.4, -0.2) is 12.2 Å². The van der Waals surface area contributed by atoms with Gasteiger partial charge in [-0.05, 0) is 42.4 Å². The molecule has 0 spiro atoms. The molecule has 2 rings (SSSR count). The van der Waals surface area contributed by atoms with Gasteiger partial charge in [0.25, 0.3) is 10.1 Å². The summed E-state index contributed by atoms with van der Waals surface area (Å²) in [6, 6.07) is 3.68. The first-order valence-corrected chi connectivity index (χ1v) is 8.00. The molecule has 0 radical (unpaired) electrons. The first-order valence-electron chi connectivity index (χ1n) is 6.38. The number of fused-ring (bicyclic) bond motifs is 1. The highest BCUT2D eigenvalue weighted by molar-refractivity contribution is 8.14. The molecule has 0 saturated heterocycles. The molecule has 0 aromatic heterocycles. The van der Waals surface area contributed by atoms with Crippen LogP contribution in [0.5, 0.6) is 5.75 Å². The molecule has 0 fully saturated rings. The number of hydrogen-bond donors (Lipinski definition) is 1. The van der Waals surface area contributed by atoms with Gasteiger partial charge in [0, 0.05) is 13.0 Å². The largest absolute Gasteiger partial charge is 0.491 e. The first kappa shape index (κ1) is 14.2. The van der Waals surface area contributed by atoms with E-state index in [0.717, 1.165) is 24.8 Å². The van der Waals surface area contributed by atoms with Crippen molar-refractivity contribution in [3.63, 3.8) is 0 Å². The predicted molar refractivity (Wildman–Crippen MR) is 75.4 cm³/mol. The molecule has 104 valence electrons. The van der Waals surface area contributed by atoms with Crippen LogP contribution < -0.4 is 9.88 Å². The minimum Gasteiger partial charge on any atom is -0.491 e. The number of benzene rings is 1. The van der Waals surface area contributed by atoms with Crippen LogP contribution in [0.2, 0.25) is 0 Å². The van der Waals surface area contributed by atoms with Crippen molar-refractivity contribution in [3.8, 4) is 5.75 Å². The number of nitrogens with two attached hydrogens (primary N) is 1. The van der Waals surface area contributed by atoms with Crippen molar-refractivity contribution < 1.29 is 13.7 Å². The average Bonchev–Trinajstić information content (AvgIpc) is 2.36. The van der Waals surface area contributed by atoms with E-state index < -0.39 is 15.2 Å². The summed E-state index contributed by atoms with van der Waals surface area (Å²) in [5.74, 6) is 1.05. The lowest BCUT2D eigenvalue weighted by Gasteiger charge is -2.22. The van der Waals surface area contributed by atoms with E-state index in [1.807, 2.05) is 6.07 Å². The summed E-state index contributed by atoms with van der Waals surface area (Å²) in [5, 5.41) is 5.20. The van der Waals surface area contributed by atoms with E-state index in [9.17, 15) is 9.00 Å². The minimum atomic E-state index is -3.18. The Morgan fingerprint density at radius 3 is 2.68 bits per heavy atom. The number of carbonyl (C=O) groups excluding carboxylic acids is 1.